The number of nitrogens with two attached hydrogens (primary N) is 1. The van der Waals surface area contributed by atoms with E-state index in [-0.39, 0.29) is 38.2 Å². The van der Waals surface area contributed by atoms with Crippen molar-refractivity contribution in [3.05, 3.63) is 95.8 Å². The average molecular weight is 891 g/mol. The summed E-state index contributed by atoms with van der Waals surface area (Å²) in [4.78, 5) is 105. The number of hydrogen-bond acceptors (Lipinski definition) is 9. The second kappa shape index (κ2) is 21.4. The zero-order valence-corrected chi connectivity index (χ0v) is 37.0. The SMILES string of the molecule is CC(=O)N(CC[C@H](NC(=O)[C@H](CC(N)=O)NC(=O)OC(C)(C)C)C(=O)NCCNC(=O)CN1C(=O)C=CC1=O)[C@@H](c1cc(-c2cc(F)ccc2F)cn1Cc1ccccc1)C(C)(C)C. The lowest BCUT2D eigenvalue weighted by Gasteiger charge is -2.41. The first kappa shape index (κ1) is 49.7. The molecule has 4 rings (SSSR count). The first-order chi connectivity index (χ1) is 29.9. The van der Waals surface area contributed by atoms with E-state index in [0.29, 0.717) is 11.3 Å². The van der Waals surface area contributed by atoms with E-state index in [9.17, 15) is 42.7 Å². The van der Waals surface area contributed by atoms with Crippen LogP contribution >= 0.6 is 0 Å². The molecule has 0 unspecified atom stereocenters. The summed E-state index contributed by atoms with van der Waals surface area (Å²) in [5.41, 5.74) is 5.50. The fourth-order valence-electron chi connectivity index (χ4n) is 7.05. The van der Waals surface area contributed by atoms with E-state index in [1.807, 2.05) is 55.7 Å². The summed E-state index contributed by atoms with van der Waals surface area (Å²) >= 11 is 0. The molecule has 0 saturated carbocycles. The average Bonchev–Trinajstić information content (AvgIpc) is 3.74. The maximum atomic E-state index is 15.2. The largest absolute Gasteiger partial charge is 0.444 e. The summed E-state index contributed by atoms with van der Waals surface area (Å²) < 4.78 is 36.8. The molecule has 1 aromatic heterocycles. The smallest absolute Gasteiger partial charge is 0.408 e. The number of rotatable bonds is 19. The number of carbonyl (C=O) groups excluding carboxylic acids is 8. The summed E-state index contributed by atoms with van der Waals surface area (Å²) in [5, 5.41) is 9.99. The molecule has 17 nitrogen and oxygen atoms in total. The Balaban J connectivity index is 1.66. The first-order valence-electron chi connectivity index (χ1n) is 20.6. The number of imide groups is 1. The highest BCUT2D eigenvalue weighted by atomic mass is 19.1. The molecular formula is C45H56F2N8O9. The number of nitrogens with one attached hydrogen (secondary N) is 4. The third-order valence-electron chi connectivity index (χ3n) is 9.83. The van der Waals surface area contributed by atoms with Gasteiger partial charge >= 0.3 is 6.09 Å². The third kappa shape index (κ3) is 14.3. The maximum Gasteiger partial charge on any atom is 0.408 e. The van der Waals surface area contributed by atoms with Gasteiger partial charge in [-0.3, -0.25) is 38.5 Å². The minimum absolute atomic E-state index is 0.00581. The molecule has 0 bridgehead atoms. The molecule has 344 valence electrons. The van der Waals surface area contributed by atoms with Crippen LogP contribution in [0, 0.1) is 17.0 Å². The summed E-state index contributed by atoms with van der Waals surface area (Å²) in [6, 6.07) is 10.4. The van der Waals surface area contributed by atoms with Gasteiger partial charge in [0.15, 0.2) is 0 Å². The minimum atomic E-state index is -1.58. The molecule has 6 N–H and O–H groups in total. The van der Waals surface area contributed by atoms with E-state index in [2.05, 4.69) is 21.3 Å². The van der Waals surface area contributed by atoms with Gasteiger partial charge in [0.25, 0.3) is 11.8 Å². The van der Waals surface area contributed by atoms with Crippen molar-refractivity contribution in [1.29, 1.82) is 0 Å². The van der Waals surface area contributed by atoms with Crippen molar-refractivity contribution in [3.63, 3.8) is 0 Å². The number of aromatic nitrogens is 1. The van der Waals surface area contributed by atoms with E-state index in [0.717, 1.165) is 40.8 Å². The van der Waals surface area contributed by atoms with Crippen molar-refractivity contribution in [3.8, 4) is 11.1 Å². The Kier molecular flexibility index (Phi) is 16.7. The normalized spacial score (nSPS) is 14.0. The number of primary amides is 1. The zero-order chi connectivity index (χ0) is 47.5. The van der Waals surface area contributed by atoms with Gasteiger partial charge in [-0.25, -0.2) is 13.6 Å². The lowest BCUT2D eigenvalue weighted by Crippen LogP contribution is -2.56. The van der Waals surface area contributed by atoms with E-state index in [1.165, 1.54) is 11.8 Å². The van der Waals surface area contributed by atoms with Gasteiger partial charge in [0.05, 0.1) is 12.5 Å². The molecule has 2 heterocycles. The third-order valence-corrected chi connectivity index (χ3v) is 9.83. The fourth-order valence-corrected chi connectivity index (χ4v) is 7.05. The Bertz CT molecular complexity index is 2250. The van der Waals surface area contributed by atoms with Gasteiger partial charge in [0.1, 0.15) is 35.9 Å². The van der Waals surface area contributed by atoms with Crippen molar-refractivity contribution in [2.24, 2.45) is 11.1 Å². The van der Waals surface area contributed by atoms with Crippen molar-refractivity contribution < 1.29 is 51.9 Å². The Labute approximate surface area is 370 Å². The van der Waals surface area contributed by atoms with Crippen LogP contribution in [0.25, 0.3) is 11.1 Å². The second-order valence-electron chi connectivity index (χ2n) is 17.3. The van der Waals surface area contributed by atoms with Gasteiger partial charge in [0.2, 0.25) is 29.5 Å². The monoisotopic (exact) mass is 890 g/mol. The quantitative estimate of drug-likeness (QED) is 0.0878. The first-order valence-corrected chi connectivity index (χ1v) is 20.6. The van der Waals surface area contributed by atoms with E-state index < -0.39 is 101 Å². The standard InChI is InChI=1S/C45H56F2N8O9/c1-27(56)54(40(44(2,3)4)35-21-29(31-22-30(46)13-14-32(31)47)25-53(35)24-28-11-9-8-10-12-28)20-17-33(51-42(62)34(23-36(48)57)52-43(63)64-45(5,6)7)41(61)50-19-18-49-37(58)26-55-38(59)15-16-39(55)60/h8-16,21-22,25,33-34,40H,17-20,23-24,26H2,1-7H3,(H2,48,57)(H,49,58)(H,50,61)(H,51,62)(H,52,63)/t33-,34-,40-/m0/s1. The number of carbonyl (C=O) groups is 8. The molecule has 3 aromatic rings. The Morgan fingerprint density at radius 3 is 2.06 bits per heavy atom. The maximum absolute atomic E-state index is 15.2. The Morgan fingerprint density at radius 2 is 1.47 bits per heavy atom. The number of benzene rings is 2. The van der Waals surface area contributed by atoms with Crippen LogP contribution in [0.4, 0.5) is 13.6 Å². The van der Waals surface area contributed by atoms with Gasteiger partial charge in [-0.2, -0.15) is 0 Å². The molecule has 8 amide bonds. The molecular weight excluding hydrogens is 835 g/mol. The van der Waals surface area contributed by atoms with Crippen LogP contribution in [0.15, 0.2) is 72.9 Å². The molecule has 0 radical (unpaired) electrons. The lowest BCUT2D eigenvalue weighted by atomic mass is 9.82. The highest BCUT2D eigenvalue weighted by Gasteiger charge is 2.38. The van der Waals surface area contributed by atoms with E-state index >= 15 is 4.39 Å². The molecule has 1 aliphatic heterocycles. The van der Waals surface area contributed by atoms with Crippen molar-refractivity contribution in [1.82, 2.24) is 35.6 Å². The molecule has 64 heavy (non-hydrogen) atoms. The fraction of sp³-hybridized carbons (Fsp3) is 0.422. The molecule has 0 spiro atoms. The number of ether oxygens (including phenoxy) is 1. The zero-order valence-electron chi connectivity index (χ0n) is 37.0. The summed E-state index contributed by atoms with van der Waals surface area (Å²) in [6.45, 7) is 11.0. The number of halogens is 2. The number of nitrogens with zero attached hydrogens (tertiary/aromatic N) is 3. The van der Waals surface area contributed by atoms with Gasteiger partial charge in [-0.1, -0.05) is 51.1 Å². The lowest BCUT2D eigenvalue weighted by molar-refractivity contribution is -0.141. The molecule has 0 aliphatic carbocycles. The highest BCUT2D eigenvalue weighted by molar-refractivity contribution is 6.14. The van der Waals surface area contributed by atoms with Crippen LogP contribution in [0.2, 0.25) is 0 Å². The van der Waals surface area contributed by atoms with E-state index in [4.69, 9.17) is 10.5 Å². The summed E-state index contributed by atoms with van der Waals surface area (Å²) in [7, 11) is 0. The van der Waals surface area contributed by atoms with Crippen molar-refractivity contribution in [2.75, 3.05) is 26.2 Å². The predicted octanol–water partition coefficient (Wildman–Crippen LogP) is 3.22. The molecule has 0 fully saturated rings. The molecule has 1 aliphatic rings. The highest BCUT2D eigenvalue weighted by Crippen LogP contribution is 2.41. The number of amides is 8. The number of alkyl carbamates (subject to hydrolysis) is 1. The van der Waals surface area contributed by atoms with Gasteiger partial charge in [0, 0.05) is 68.3 Å². The van der Waals surface area contributed by atoms with Crippen molar-refractivity contribution in [2.45, 2.75) is 91.6 Å². The van der Waals surface area contributed by atoms with Crippen molar-refractivity contribution >= 4 is 47.4 Å². The molecule has 3 atom stereocenters. The Morgan fingerprint density at radius 1 is 0.828 bits per heavy atom. The van der Waals surface area contributed by atoms with Gasteiger partial charge < -0.3 is 41.2 Å². The van der Waals surface area contributed by atoms with Crippen LogP contribution in [-0.4, -0.2) is 106 Å². The van der Waals surface area contributed by atoms with Crippen LogP contribution in [0.3, 0.4) is 0 Å². The van der Waals surface area contributed by atoms with Crippen LogP contribution in [0.5, 0.6) is 0 Å². The summed E-state index contributed by atoms with van der Waals surface area (Å²) in [6.07, 6.45) is 1.81. The topological polar surface area (TPSA) is 231 Å². The summed E-state index contributed by atoms with van der Waals surface area (Å²) in [5.74, 6) is -6.43. The van der Waals surface area contributed by atoms with E-state index in [1.54, 1.807) is 33.0 Å². The predicted molar refractivity (Wildman–Crippen MR) is 230 cm³/mol. The van der Waals surface area contributed by atoms with Crippen LogP contribution in [-0.2, 0) is 44.8 Å². The van der Waals surface area contributed by atoms with Gasteiger partial charge in [-0.15, -0.1) is 0 Å². The van der Waals surface area contributed by atoms with Crippen LogP contribution < -0.4 is 27.0 Å². The molecule has 0 saturated heterocycles. The molecule has 19 heteroatoms. The second-order valence-corrected chi connectivity index (χ2v) is 17.3. The Hall–Kier alpha value is -6.92. The van der Waals surface area contributed by atoms with Crippen LogP contribution in [0.1, 0.15) is 78.6 Å². The number of hydrogen-bond donors (Lipinski definition) is 5. The minimum Gasteiger partial charge on any atom is -0.444 e. The molecule has 2 aromatic carbocycles. The van der Waals surface area contributed by atoms with Gasteiger partial charge in [-0.05, 0) is 62.4 Å².